The standard InChI is InChI=1S/C32H43N7O3/c33-15-1-17-38(18-2-16-34)20-22-3-11-27(12-4-22)39-21-25-19-29(36-30(25)37-32(39)42)23-5-7-24(8-6-23)31(41)35-26-9-13-28(40)14-10-26/h3-8,11-12,19,21,26,28,30,36,40H,1-2,9-10,13-18,20,33-34H2,(H,35,41)(H,37,42). The molecule has 2 aromatic rings. The molecule has 10 nitrogen and oxygen atoms in total. The van der Waals surface area contributed by atoms with E-state index in [4.69, 9.17) is 11.5 Å². The Morgan fingerprint density at radius 1 is 0.952 bits per heavy atom. The molecule has 1 fully saturated rings. The molecule has 1 saturated carbocycles. The van der Waals surface area contributed by atoms with Crippen LogP contribution >= 0.6 is 0 Å². The topological polar surface area (TPSA) is 149 Å². The van der Waals surface area contributed by atoms with Gasteiger partial charge in [-0.05, 0) is 106 Å². The van der Waals surface area contributed by atoms with E-state index >= 15 is 0 Å². The molecule has 2 heterocycles. The zero-order chi connectivity index (χ0) is 29.5. The summed E-state index contributed by atoms with van der Waals surface area (Å²) in [5, 5.41) is 19.2. The predicted molar refractivity (Wildman–Crippen MR) is 165 cm³/mol. The lowest BCUT2D eigenvalue weighted by Crippen LogP contribution is -2.51. The Morgan fingerprint density at radius 2 is 1.62 bits per heavy atom. The first-order chi connectivity index (χ1) is 20.4. The average molecular weight is 574 g/mol. The van der Waals surface area contributed by atoms with Gasteiger partial charge in [-0.2, -0.15) is 0 Å². The maximum Gasteiger partial charge on any atom is 0.327 e. The largest absolute Gasteiger partial charge is 0.393 e. The van der Waals surface area contributed by atoms with Crippen LogP contribution in [0.1, 0.15) is 60.0 Å². The quantitative estimate of drug-likeness (QED) is 0.229. The summed E-state index contributed by atoms with van der Waals surface area (Å²) >= 11 is 0. The molecule has 0 bridgehead atoms. The van der Waals surface area contributed by atoms with E-state index in [1.54, 1.807) is 4.90 Å². The number of aliphatic hydroxyl groups excluding tert-OH is 1. The second-order valence-corrected chi connectivity index (χ2v) is 11.4. The molecule has 5 rings (SSSR count). The average Bonchev–Trinajstić information content (AvgIpc) is 3.42. The van der Waals surface area contributed by atoms with Gasteiger partial charge in [0, 0.05) is 35.6 Å². The van der Waals surface area contributed by atoms with Crippen molar-refractivity contribution in [2.45, 2.75) is 63.4 Å². The number of hydrogen-bond acceptors (Lipinski definition) is 7. The Kier molecular flexibility index (Phi) is 9.91. The fourth-order valence-corrected chi connectivity index (χ4v) is 5.73. The molecular weight excluding hydrogens is 530 g/mol. The van der Waals surface area contributed by atoms with Crippen LogP contribution < -0.4 is 32.3 Å². The highest BCUT2D eigenvalue weighted by Crippen LogP contribution is 2.28. The van der Waals surface area contributed by atoms with E-state index in [1.807, 2.05) is 48.7 Å². The van der Waals surface area contributed by atoms with E-state index in [0.717, 1.165) is 80.7 Å². The van der Waals surface area contributed by atoms with Crippen LogP contribution in [0.15, 0.2) is 66.4 Å². The second-order valence-electron chi connectivity index (χ2n) is 11.4. The van der Waals surface area contributed by atoms with Crippen molar-refractivity contribution in [3.63, 3.8) is 0 Å². The summed E-state index contributed by atoms with van der Waals surface area (Å²) in [5.74, 6) is -0.0968. The molecule has 0 spiro atoms. The smallest absolute Gasteiger partial charge is 0.327 e. The lowest BCUT2D eigenvalue weighted by Gasteiger charge is -2.29. The molecule has 8 N–H and O–H groups in total. The molecule has 1 unspecified atom stereocenters. The minimum atomic E-state index is -0.314. The number of rotatable bonds is 12. The Bertz CT molecular complexity index is 1280. The number of carbonyl (C=O) groups excluding carboxylic acids is 2. The molecule has 224 valence electrons. The second kappa shape index (κ2) is 14.0. The van der Waals surface area contributed by atoms with Gasteiger partial charge in [-0.25, -0.2) is 4.79 Å². The third-order valence-corrected chi connectivity index (χ3v) is 8.18. The number of nitrogens with one attached hydrogen (secondary N) is 3. The number of nitrogens with zero attached hydrogens (tertiary/aromatic N) is 2. The van der Waals surface area contributed by atoms with Crippen molar-refractivity contribution in [3.05, 3.63) is 83.1 Å². The first-order valence-corrected chi connectivity index (χ1v) is 15.0. The fourth-order valence-electron chi connectivity index (χ4n) is 5.73. The van der Waals surface area contributed by atoms with Crippen LogP contribution in [0.5, 0.6) is 0 Å². The van der Waals surface area contributed by atoms with E-state index in [0.29, 0.717) is 18.7 Å². The first-order valence-electron chi connectivity index (χ1n) is 15.0. The summed E-state index contributed by atoms with van der Waals surface area (Å²) in [6, 6.07) is 15.5. The molecule has 2 aliphatic heterocycles. The van der Waals surface area contributed by atoms with Gasteiger partial charge in [0.1, 0.15) is 6.17 Å². The van der Waals surface area contributed by atoms with Gasteiger partial charge in [0.15, 0.2) is 0 Å². The van der Waals surface area contributed by atoms with Gasteiger partial charge in [0.2, 0.25) is 0 Å². The number of benzene rings is 2. The van der Waals surface area contributed by atoms with Gasteiger partial charge in [-0.15, -0.1) is 0 Å². The maximum atomic E-state index is 13.0. The highest BCUT2D eigenvalue weighted by Gasteiger charge is 2.31. The minimum absolute atomic E-state index is 0.0968. The van der Waals surface area contributed by atoms with E-state index in [9.17, 15) is 14.7 Å². The van der Waals surface area contributed by atoms with Crippen molar-refractivity contribution in [3.8, 4) is 0 Å². The van der Waals surface area contributed by atoms with Crippen molar-refractivity contribution in [1.29, 1.82) is 0 Å². The van der Waals surface area contributed by atoms with E-state index in [1.165, 1.54) is 5.56 Å². The number of amides is 3. The number of carbonyl (C=O) groups is 2. The van der Waals surface area contributed by atoms with Crippen LogP contribution in [0.25, 0.3) is 5.70 Å². The normalized spacial score (nSPS) is 21.8. The van der Waals surface area contributed by atoms with Gasteiger partial charge in [-0.1, -0.05) is 24.3 Å². The molecule has 3 amide bonds. The van der Waals surface area contributed by atoms with Crippen molar-refractivity contribution in [2.24, 2.45) is 11.5 Å². The highest BCUT2D eigenvalue weighted by atomic mass is 16.3. The minimum Gasteiger partial charge on any atom is -0.393 e. The predicted octanol–water partition coefficient (Wildman–Crippen LogP) is 2.60. The molecule has 0 radical (unpaired) electrons. The fraction of sp³-hybridized carbons (Fsp3) is 0.438. The van der Waals surface area contributed by atoms with Crippen LogP contribution in [0, 0.1) is 0 Å². The number of aliphatic hydroxyl groups is 1. The Hall–Kier alpha value is -3.70. The maximum absolute atomic E-state index is 13.0. The Balaban J connectivity index is 1.22. The third-order valence-electron chi connectivity index (χ3n) is 8.18. The van der Waals surface area contributed by atoms with Gasteiger partial charge < -0.3 is 32.5 Å². The zero-order valence-corrected chi connectivity index (χ0v) is 24.1. The molecule has 2 aromatic carbocycles. The molecule has 10 heteroatoms. The molecule has 42 heavy (non-hydrogen) atoms. The Morgan fingerprint density at radius 3 is 2.26 bits per heavy atom. The molecule has 0 aromatic heterocycles. The molecular formula is C32H43N7O3. The van der Waals surface area contributed by atoms with Crippen LogP contribution in [-0.4, -0.2) is 66.4 Å². The number of nitrogens with two attached hydrogens (primary N) is 2. The summed E-state index contributed by atoms with van der Waals surface area (Å²) in [6.45, 7) is 4.02. The number of urea groups is 1. The number of hydrogen-bond donors (Lipinski definition) is 6. The van der Waals surface area contributed by atoms with Crippen LogP contribution in [-0.2, 0) is 6.54 Å². The molecule has 3 aliphatic rings. The van der Waals surface area contributed by atoms with Crippen molar-refractivity contribution in [2.75, 3.05) is 31.1 Å². The van der Waals surface area contributed by atoms with Crippen LogP contribution in [0.2, 0.25) is 0 Å². The molecule has 1 atom stereocenters. The van der Waals surface area contributed by atoms with Crippen molar-refractivity contribution in [1.82, 2.24) is 20.9 Å². The third kappa shape index (κ3) is 7.38. The summed E-state index contributed by atoms with van der Waals surface area (Å²) in [4.78, 5) is 29.7. The van der Waals surface area contributed by atoms with Crippen molar-refractivity contribution >= 4 is 23.3 Å². The van der Waals surface area contributed by atoms with E-state index in [2.05, 4.69) is 33.0 Å². The summed E-state index contributed by atoms with van der Waals surface area (Å²) in [7, 11) is 0. The Labute approximate surface area is 247 Å². The van der Waals surface area contributed by atoms with Crippen LogP contribution in [0.4, 0.5) is 10.5 Å². The van der Waals surface area contributed by atoms with Gasteiger partial charge in [0.25, 0.3) is 5.91 Å². The first kappa shape index (κ1) is 29.8. The lowest BCUT2D eigenvalue weighted by atomic mass is 9.93. The monoisotopic (exact) mass is 573 g/mol. The van der Waals surface area contributed by atoms with Gasteiger partial charge in [0.05, 0.1) is 11.8 Å². The van der Waals surface area contributed by atoms with Gasteiger partial charge in [-0.3, -0.25) is 14.6 Å². The highest BCUT2D eigenvalue weighted by molar-refractivity contribution is 5.97. The summed E-state index contributed by atoms with van der Waals surface area (Å²) in [5.41, 5.74) is 16.8. The zero-order valence-electron chi connectivity index (χ0n) is 24.1. The van der Waals surface area contributed by atoms with E-state index < -0.39 is 0 Å². The van der Waals surface area contributed by atoms with Crippen molar-refractivity contribution < 1.29 is 14.7 Å². The number of anilines is 1. The molecule has 1 aliphatic carbocycles. The molecule has 0 saturated heterocycles. The number of fused-ring (bicyclic) bond motifs is 1. The van der Waals surface area contributed by atoms with Crippen LogP contribution in [0.3, 0.4) is 0 Å². The lowest BCUT2D eigenvalue weighted by molar-refractivity contribution is 0.0867. The SMILES string of the molecule is NCCCN(CCCN)Cc1ccc(N2C=C3C=C(c4ccc(C(=O)NC5CCC(O)CC5)cc4)NC3NC2=O)cc1. The van der Waals surface area contributed by atoms with E-state index in [-0.39, 0.29) is 30.2 Å². The summed E-state index contributed by atoms with van der Waals surface area (Å²) in [6.07, 6.45) is 8.28. The van der Waals surface area contributed by atoms with Gasteiger partial charge >= 0.3 is 6.03 Å². The summed E-state index contributed by atoms with van der Waals surface area (Å²) < 4.78 is 0.